The van der Waals surface area contributed by atoms with Gasteiger partial charge in [-0.15, -0.1) is 6.20 Å². The summed E-state index contributed by atoms with van der Waals surface area (Å²) in [6.45, 7) is 10.7. The molecule has 0 bridgehead atoms. The van der Waals surface area contributed by atoms with E-state index in [1.807, 2.05) is 41.7 Å². The van der Waals surface area contributed by atoms with Crippen molar-refractivity contribution < 1.29 is 25.8 Å². The molecule has 1 heterocycles. The second-order valence-corrected chi connectivity index (χ2v) is 3.32. The van der Waals surface area contributed by atoms with E-state index in [0.29, 0.717) is 12.7 Å². The molecule has 4 heteroatoms. The van der Waals surface area contributed by atoms with Crippen LogP contribution in [0.1, 0.15) is 51.8 Å². The molecule has 17 heavy (non-hydrogen) atoms. The Balaban J connectivity index is 0. The summed E-state index contributed by atoms with van der Waals surface area (Å²) < 4.78 is 7.25. The van der Waals surface area contributed by atoms with E-state index >= 15 is 0 Å². The van der Waals surface area contributed by atoms with Crippen LogP contribution < -0.4 is 0 Å². The zero-order valence-electron chi connectivity index (χ0n) is 11.9. The fourth-order valence-corrected chi connectivity index (χ4v) is 1.16. The predicted octanol–water partition coefficient (Wildman–Crippen LogP) is 3.26. The van der Waals surface area contributed by atoms with Gasteiger partial charge in [-0.2, -0.15) is 5.56 Å². The summed E-state index contributed by atoms with van der Waals surface area (Å²) in [7, 11) is 1.88. The van der Waals surface area contributed by atoms with Crippen LogP contribution in [0.15, 0.2) is 0 Å². The number of ether oxygens (including phenoxy) is 1. The molecule has 1 aliphatic rings. The molecule has 1 saturated carbocycles. The zero-order valence-corrected chi connectivity index (χ0v) is 14.8. The molecule has 0 amide bonds. The smallest absolute Gasteiger partial charge is 0.0561 e. The summed E-state index contributed by atoms with van der Waals surface area (Å²) in [5.41, 5.74) is 2.11. The Morgan fingerprint density at radius 3 is 2.18 bits per heavy atom. The predicted molar refractivity (Wildman–Crippen MR) is 67.3 cm³/mol. The molecule has 0 atom stereocenters. The van der Waals surface area contributed by atoms with Gasteiger partial charge in [0.15, 0.2) is 0 Å². The van der Waals surface area contributed by atoms with Crippen molar-refractivity contribution >= 4 is 0 Å². The first kappa shape index (κ1) is 19.2. The van der Waals surface area contributed by atoms with Gasteiger partial charge < -0.3 is 9.42 Å². The van der Waals surface area contributed by atoms with Crippen molar-refractivity contribution in [3.8, 4) is 0 Å². The molecular formula is C13H25N2OW-. The zero-order chi connectivity index (χ0) is 12.6. The summed E-state index contributed by atoms with van der Waals surface area (Å²) in [5, 5.41) is 4.25. The van der Waals surface area contributed by atoms with Crippen LogP contribution in [-0.4, -0.2) is 15.9 Å². The number of hydrogen-bond donors (Lipinski definition) is 0. The summed E-state index contributed by atoms with van der Waals surface area (Å²) in [5.74, 6) is 0. The number of rotatable bonds is 3. The Labute approximate surface area is 120 Å². The van der Waals surface area contributed by atoms with Crippen molar-refractivity contribution in [2.24, 2.45) is 7.05 Å². The van der Waals surface area contributed by atoms with Crippen LogP contribution in [0.4, 0.5) is 0 Å². The van der Waals surface area contributed by atoms with Crippen molar-refractivity contribution in [2.75, 3.05) is 0 Å². The molecule has 0 aromatic carbocycles. The van der Waals surface area contributed by atoms with E-state index in [1.165, 1.54) is 12.8 Å². The molecule has 2 rings (SSSR count). The molecule has 0 spiro atoms. The maximum absolute atomic E-state index is 5.54. The number of aromatic nitrogens is 2. The molecule has 0 radical (unpaired) electrons. The minimum absolute atomic E-state index is 0. The summed E-state index contributed by atoms with van der Waals surface area (Å²) in [6, 6.07) is 0. The van der Waals surface area contributed by atoms with Crippen molar-refractivity contribution in [3.63, 3.8) is 0 Å². The van der Waals surface area contributed by atoms with Gasteiger partial charge in [-0.1, -0.05) is 40.3 Å². The van der Waals surface area contributed by atoms with Gasteiger partial charge in [0.25, 0.3) is 0 Å². The maximum atomic E-state index is 5.54. The topological polar surface area (TPSA) is 27.1 Å². The fourth-order valence-electron chi connectivity index (χ4n) is 1.16. The van der Waals surface area contributed by atoms with Crippen LogP contribution >= 0.6 is 0 Å². The Hall–Kier alpha value is -0.142. The van der Waals surface area contributed by atoms with E-state index in [2.05, 4.69) is 11.3 Å². The average Bonchev–Trinajstić information content (AvgIpc) is 3.08. The standard InChI is InChI=1S/C9H13N2O.2C2H6.W/c1-7-5-11(2)10-9(7)6-12-8-3-4-8;2*1-2;/h8H,3-4,6H2,1-2H3;2*1-2H3;/q-1;;;. The quantitative estimate of drug-likeness (QED) is 0.717. The minimum Gasteiger partial charge on any atom is -0.390 e. The van der Waals surface area contributed by atoms with E-state index in [4.69, 9.17) is 4.74 Å². The summed E-state index contributed by atoms with van der Waals surface area (Å²) >= 11 is 0. The van der Waals surface area contributed by atoms with Gasteiger partial charge in [0.05, 0.1) is 6.10 Å². The van der Waals surface area contributed by atoms with Gasteiger partial charge in [-0.3, -0.25) is 5.10 Å². The molecule has 1 aromatic heterocycles. The van der Waals surface area contributed by atoms with Crippen molar-refractivity contribution in [2.45, 2.75) is 60.2 Å². The third kappa shape index (κ3) is 7.72. The van der Waals surface area contributed by atoms with E-state index in [0.717, 1.165) is 11.3 Å². The summed E-state index contributed by atoms with van der Waals surface area (Å²) in [4.78, 5) is 0. The molecule has 0 aliphatic heterocycles. The first-order valence-electron chi connectivity index (χ1n) is 6.29. The van der Waals surface area contributed by atoms with Crippen molar-refractivity contribution in [1.29, 1.82) is 0 Å². The van der Waals surface area contributed by atoms with E-state index in [-0.39, 0.29) is 21.1 Å². The molecule has 3 nitrogen and oxygen atoms in total. The van der Waals surface area contributed by atoms with E-state index in [9.17, 15) is 0 Å². The molecular weight excluding hydrogens is 384 g/mol. The van der Waals surface area contributed by atoms with Crippen LogP contribution in [0.2, 0.25) is 0 Å². The Bertz CT molecular complexity index is 283. The minimum atomic E-state index is 0. The number of nitrogens with zero attached hydrogens (tertiary/aromatic N) is 2. The molecule has 1 fully saturated rings. The molecule has 0 N–H and O–H groups in total. The number of aryl methyl sites for hydroxylation is 2. The Morgan fingerprint density at radius 1 is 1.29 bits per heavy atom. The molecule has 0 unspecified atom stereocenters. The molecule has 0 saturated heterocycles. The van der Waals surface area contributed by atoms with Gasteiger partial charge in [0, 0.05) is 34.7 Å². The van der Waals surface area contributed by atoms with Gasteiger partial charge in [0.2, 0.25) is 0 Å². The first-order chi connectivity index (χ1) is 7.75. The van der Waals surface area contributed by atoms with Crippen molar-refractivity contribution in [1.82, 2.24) is 9.78 Å². The molecule has 100 valence electrons. The van der Waals surface area contributed by atoms with Gasteiger partial charge in [0.1, 0.15) is 0 Å². The van der Waals surface area contributed by atoms with E-state index < -0.39 is 0 Å². The van der Waals surface area contributed by atoms with Gasteiger partial charge in [-0.25, -0.2) is 0 Å². The van der Waals surface area contributed by atoms with Gasteiger partial charge in [-0.05, 0) is 12.8 Å². The van der Waals surface area contributed by atoms with Crippen LogP contribution in [0, 0.1) is 13.1 Å². The maximum Gasteiger partial charge on any atom is 0.0561 e. The van der Waals surface area contributed by atoms with Crippen LogP contribution in [0.3, 0.4) is 0 Å². The second kappa shape index (κ2) is 11.0. The van der Waals surface area contributed by atoms with Crippen molar-refractivity contribution in [3.05, 3.63) is 17.5 Å². The Kier molecular flexibility index (Phi) is 12.4. The first-order valence-corrected chi connectivity index (χ1v) is 6.29. The third-order valence-electron chi connectivity index (χ3n) is 2.01. The van der Waals surface area contributed by atoms with Gasteiger partial charge >= 0.3 is 0 Å². The SMILES string of the molecule is CC.CC.Cc1[c-]n(C)nc1COC1CC1.[W]. The third-order valence-corrected chi connectivity index (χ3v) is 2.01. The molecule has 1 aromatic rings. The summed E-state index contributed by atoms with van der Waals surface area (Å²) in [6.07, 6.45) is 6.02. The van der Waals surface area contributed by atoms with Crippen LogP contribution in [-0.2, 0) is 39.5 Å². The normalized spacial score (nSPS) is 12.6. The number of hydrogen-bond acceptors (Lipinski definition) is 2. The molecule has 1 aliphatic carbocycles. The van der Waals surface area contributed by atoms with E-state index in [1.54, 1.807) is 4.68 Å². The van der Waals surface area contributed by atoms with Crippen LogP contribution in [0.25, 0.3) is 0 Å². The Morgan fingerprint density at radius 2 is 1.82 bits per heavy atom. The fraction of sp³-hybridized carbons (Fsp3) is 0.769. The monoisotopic (exact) mass is 409 g/mol. The average molecular weight is 409 g/mol. The van der Waals surface area contributed by atoms with Crippen LogP contribution in [0.5, 0.6) is 0 Å². The second-order valence-electron chi connectivity index (χ2n) is 3.32. The largest absolute Gasteiger partial charge is 0.390 e.